The lowest BCUT2D eigenvalue weighted by Gasteiger charge is -2.35. The van der Waals surface area contributed by atoms with Gasteiger partial charge in [0.05, 0.1) is 10.6 Å². The predicted octanol–water partition coefficient (Wildman–Crippen LogP) is 2.58. The van der Waals surface area contributed by atoms with Crippen molar-refractivity contribution in [2.75, 3.05) is 39.3 Å². The van der Waals surface area contributed by atoms with Crippen LogP contribution in [0.1, 0.15) is 29.6 Å². The number of carbonyl (C=O) groups is 2. The normalized spacial score (nSPS) is 23.7. The minimum Gasteiger partial charge on any atom is -0.339 e. The molecular weight excluding hydrogens is 392 g/mol. The van der Waals surface area contributed by atoms with E-state index in [9.17, 15) is 14.0 Å². The third kappa shape index (κ3) is 3.93. The van der Waals surface area contributed by atoms with Gasteiger partial charge in [-0.25, -0.2) is 4.39 Å². The first-order valence-corrected chi connectivity index (χ1v) is 9.62. The van der Waals surface area contributed by atoms with Crippen LogP contribution in [0.5, 0.6) is 0 Å². The van der Waals surface area contributed by atoms with Gasteiger partial charge < -0.3 is 15.1 Å². The lowest BCUT2D eigenvalue weighted by molar-refractivity contribution is -0.135. The van der Waals surface area contributed by atoms with E-state index in [0.29, 0.717) is 31.7 Å². The molecule has 3 fully saturated rings. The first kappa shape index (κ1) is 20.4. The van der Waals surface area contributed by atoms with Gasteiger partial charge >= 0.3 is 0 Å². The summed E-state index contributed by atoms with van der Waals surface area (Å²) in [6.07, 6.45) is 3.19. The summed E-state index contributed by atoms with van der Waals surface area (Å²) in [7, 11) is 0. The van der Waals surface area contributed by atoms with Gasteiger partial charge in [-0.3, -0.25) is 9.59 Å². The van der Waals surface area contributed by atoms with Crippen molar-refractivity contribution in [2.24, 2.45) is 11.3 Å². The molecule has 3 aliphatic rings. The van der Waals surface area contributed by atoms with E-state index in [0.717, 1.165) is 38.4 Å². The van der Waals surface area contributed by atoms with Gasteiger partial charge in [0.15, 0.2) is 0 Å². The fraction of sp³-hybridized carbons (Fsp3) is 0.579. The summed E-state index contributed by atoms with van der Waals surface area (Å²) in [6, 6.07) is 3.81. The second kappa shape index (κ2) is 7.94. The standard InChI is InChI=1S/C19H23ClFN3O2.ClH/c20-16-11-13(21)1-2-14(16)17(25)23-7-9-24(10-8-23)18(26)15-12-19(15)3-5-22-6-4-19;/h1-2,11,15,22H,3-10,12H2;1H. The van der Waals surface area contributed by atoms with E-state index < -0.39 is 5.82 Å². The number of nitrogens with one attached hydrogen (secondary N) is 1. The molecule has 1 spiro atoms. The minimum absolute atomic E-state index is 0. The second-order valence-corrected chi connectivity index (χ2v) is 8.02. The Bertz CT molecular complexity index is 732. The number of benzene rings is 1. The summed E-state index contributed by atoms with van der Waals surface area (Å²) in [5.74, 6) is -0.251. The van der Waals surface area contributed by atoms with Crippen molar-refractivity contribution < 1.29 is 14.0 Å². The van der Waals surface area contributed by atoms with Gasteiger partial charge in [0.25, 0.3) is 5.91 Å². The van der Waals surface area contributed by atoms with E-state index in [1.165, 1.54) is 12.1 Å². The number of piperazine rings is 1. The highest BCUT2D eigenvalue weighted by molar-refractivity contribution is 6.33. The second-order valence-electron chi connectivity index (χ2n) is 7.61. The van der Waals surface area contributed by atoms with Crippen LogP contribution in [0.15, 0.2) is 18.2 Å². The highest BCUT2D eigenvalue weighted by Crippen LogP contribution is 2.59. The number of amides is 2. The van der Waals surface area contributed by atoms with Crippen molar-refractivity contribution in [3.63, 3.8) is 0 Å². The number of hydrogen-bond acceptors (Lipinski definition) is 3. The molecule has 0 bridgehead atoms. The highest BCUT2D eigenvalue weighted by Gasteiger charge is 2.58. The van der Waals surface area contributed by atoms with Gasteiger partial charge in [0.1, 0.15) is 5.82 Å². The Hall–Kier alpha value is -1.37. The highest BCUT2D eigenvalue weighted by atomic mass is 35.5. The third-order valence-electron chi connectivity index (χ3n) is 6.13. The molecule has 2 amide bonds. The quantitative estimate of drug-likeness (QED) is 0.807. The number of halogens is 3. The van der Waals surface area contributed by atoms with Crippen molar-refractivity contribution in [3.8, 4) is 0 Å². The molecule has 2 aliphatic heterocycles. The molecular formula is C19H24Cl2FN3O2. The topological polar surface area (TPSA) is 52.7 Å². The van der Waals surface area contributed by atoms with Crippen LogP contribution in [0.2, 0.25) is 5.02 Å². The molecule has 1 saturated carbocycles. The molecule has 5 nitrogen and oxygen atoms in total. The fourth-order valence-corrected chi connectivity index (χ4v) is 4.61. The number of piperidine rings is 1. The van der Waals surface area contributed by atoms with Crippen LogP contribution >= 0.6 is 24.0 Å². The van der Waals surface area contributed by atoms with E-state index in [1.54, 1.807) is 4.90 Å². The van der Waals surface area contributed by atoms with E-state index in [1.807, 2.05) is 4.90 Å². The predicted molar refractivity (Wildman–Crippen MR) is 104 cm³/mol. The summed E-state index contributed by atoms with van der Waals surface area (Å²) < 4.78 is 13.2. The number of nitrogens with zero attached hydrogens (tertiary/aromatic N) is 2. The molecule has 2 saturated heterocycles. The van der Waals surface area contributed by atoms with Gasteiger partial charge in [0.2, 0.25) is 5.91 Å². The molecule has 1 aromatic carbocycles. The maximum absolute atomic E-state index is 13.2. The van der Waals surface area contributed by atoms with E-state index in [2.05, 4.69) is 5.32 Å². The largest absolute Gasteiger partial charge is 0.339 e. The summed E-state index contributed by atoms with van der Waals surface area (Å²) >= 11 is 6.00. The van der Waals surface area contributed by atoms with Crippen LogP contribution in [0.3, 0.4) is 0 Å². The first-order chi connectivity index (χ1) is 12.5. The van der Waals surface area contributed by atoms with Gasteiger partial charge in [-0.1, -0.05) is 11.6 Å². The Labute approximate surface area is 169 Å². The monoisotopic (exact) mass is 415 g/mol. The Morgan fingerprint density at radius 2 is 1.74 bits per heavy atom. The molecule has 2 heterocycles. The summed E-state index contributed by atoms with van der Waals surface area (Å²) in [4.78, 5) is 29.0. The number of rotatable bonds is 2. The van der Waals surface area contributed by atoms with E-state index >= 15 is 0 Å². The average Bonchev–Trinajstić information content (AvgIpc) is 3.34. The molecule has 1 aromatic rings. The molecule has 148 valence electrons. The van der Waals surface area contributed by atoms with E-state index in [4.69, 9.17) is 11.6 Å². The first-order valence-electron chi connectivity index (χ1n) is 9.24. The molecule has 1 unspecified atom stereocenters. The molecule has 1 atom stereocenters. The molecule has 8 heteroatoms. The zero-order chi connectivity index (χ0) is 18.3. The average molecular weight is 416 g/mol. The van der Waals surface area contributed by atoms with Crippen molar-refractivity contribution in [1.29, 1.82) is 0 Å². The van der Waals surface area contributed by atoms with Crippen molar-refractivity contribution >= 4 is 35.8 Å². The van der Waals surface area contributed by atoms with Crippen molar-refractivity contribution in [3.05, 3.63) is 34.6 Å². The smallest absolute Gasteiger partial charge is 0.255 e. The molecule has 0 aromatic heterocycles. The lowest BCUT2D eigenvalue weighted by Crippen LogP contribution is -2.51. The zero-order valence-electron chi connectivity index (χ0n) is 15.0. The summed E-state index contributed by atoms with van der Waals surface area (Å²) in [5.41, 5.74) is 0.542. The Morgan fingerprint density at radius 1 is 1.11 bits per heavy atom. The number of hydrogen-bond donors (Lipinski definition) is 1. The molecule has 4 rings (SSSR count). The van der Waals surface area contributed by atoms with Crippen LogP contribution in [-0.4, -0.2) is 60.9 Å². The minimum atomic E-state index is -0.460. The van der Waals surface area contributed by atoms with Crippen LogP contribution < -0.4 is 5.32 Å². The Kier molecular flexibility index (Phi) is 5.99. The van der Waals surface area contributed by atoms with Crippen molar-refractivity contribution in [1.82, 2.24) is 15.1 Å². The lowest BCUT2D eigenvalue weighted by atomic mass is 9.91. The third-order valence-corrected chi connectivity index (χ3v) is 6.44. The molecule has 0 radical (unpaired) electrons. The van der Waals surface area contributed by atoms with Crippen LogP contribution in [0.4, 0.5) is 4.39 Å². The van der Waals surface area contributed by atoms with E-state index in [-0.39, 0.29) is 40.6 Å². The number of carbonyl (C=O) groups excluding carboxylic acids is 2. The molecule has 1 aliphatic carbocycles. The molecule has 1 N–H and O–H groups in total. The maximum atomic E-state index is 13.2. The van der Waals surface area contributed by atoms with Crippen LogP contribution in [0, 0.1) is 17.2 Å². The van der Waals surface area contributed by atoms with Gasteiger partial charge in [-0.05, 0) is 56.0 Å². The zero-order valence-corrected chi connectivity index (χ0v) is 16.6. The van der Waals surface area contributed by atoms with Crippen molar-refractivity contribution in [2.45, 2.75) is 19.3 Å². The fourth-order valence-electron chi connectivity index (χ4n) is 4.36. The van der Waals surface area contributed by atoms with Crippen LogP contribution in [-0.2, 0) is 4.79 Å². The Morgan fingerprint density at radius 3 is 2.37 bits per heavy atom. The summed E-state index contributed by atoms with van der Waals surface area (Å²) in [5, 5.41) is 3.48. The molecule has 27 heavy (non-hydrogen) atoms. The van der Waals surface area contributed by atoms with Gasteiger partial charge in [0, 0.05) is 32.1 Å². The van der Waals surface area contributed by atoms with Gasteiger partial charge in [-0.2, -0.15) is 0 Å². The van der Waals surface area contributed by atoms with Gasteiger partial charge in [-0.15, -0.1) is 12.4 Å². The maximum Gasteiger partial charge on any atom is 0.255 e. The Balaban J connectivity index is 0.00000210. The SMILES string of the molecule is Cl.O=C(c1ccc(F)cc1Cl)N1CCN(C(=O)C2CC23CCNCC3)CC1. The summed E-state index contributed by atoms with van der Waals surface area (Å²) in [6.45, 7) is 4.08. The van der Waals surface area contributed by atoms with Crippen LogP contribution in [0.25, 0.3) is 0 Å².